The molecule has 0 saturated heterocycles. The molecule has 19 atom stereocenters. The van der Waals surface area contributed by atoms with Gasteiger partial charge in [0.1, 0.15) is 30.5 Å². The van der Waals surface area contributed by atoms with Gasteiger partial charge in [0, 0.05) is 24.7 Å². The monoisotopic (exact) mass is 789 g/mol. The largest absolute Gasteiger partial charge is 0.393 e. The quantitative estimate of drug-likeness (QED) is 0.0379. The fourth-order valence-electron chi connectivity index (χ4n) is 7.78. The van der Waals surface area contributed by atoms with Gasteiger partial charge in [0.15, 0.2) is 0 Å². The second kappa shape index (κ2) is 25.0. The highest BCUT2D eigenvalue weighted by atomic mass is 16.4. The molecule has 0 aliphatic heterocycles. The molecule has 0 spiro atoms. The van der Waals surface area contributed by atoms with Crippen molar-refractivity contribution in [2.75, 3.05) is 0 Å². The van der Waals surface area contributed by atoms with Gasteiger partial charge in [-0.2, -0.15) is 0 Å². The van der Waals surface area contributed by atoms with Gasteiger partial charge in [0.05, 0.1) is 66.6 Å². The van der Waals surface area contributed by atoms with E-state index < -0.39 is 134 Å². The lowest BCUT2D eigenvalue weighted by molar-refractivity contribution is -0.219. The van der Waals surface area contributed by atoms with E-state index in [-0.39, 0.29) is 25.7 Å². The van der Waals surface area contributed by atoms with Crippen molar-refractivity contribution in [3.63, 3.8) is 0 Å². The van der Waals surface area contributed by atoms with Gasteiger partial charge in [-0.05, 0) is 51.4 Å². The van der Waals surface area contributed by atoms with Crippen LogP contribution >= 0.6 is 0 Å². The summed E-state index contributed by atoms with van der Waals surface area (Å²) in [6.45, 7) is 6.68. The number of hydrogen-bond donors (Lipinski definition) is 16. The minimum atomic E-state index is -2.18. The van der Waals surface area contributed by atoms with Crippen molar-refractivity contribution < 1.29 is 81.7 Å². The Balaban J connectivity index is 2.69. The van der Waals surface area contributed by atoms with Gasteiger partial charge in [-0.25, -0.2) is 0 Å². The van der Waals surface area contributed by atoms with Crippen LogP contribution in [0, 0.1) is 17.8 Å². The zero-order chi connectivity index (χ0) is 41.5. The zero-order valence-electron chi connectivity index (χ0n) is 32.7. The fourth-order valence-corrected chi connectivity index (χ4v) is 7.78. The van der Waals surface area contributed by atoms with Gasteiger partial charge in [-0.15, -0.1) is 0 Å². The van der Waals surface area contributed by atoms with Gasteiger partial charge in [-0.1, -0.05) is 65.7 Å². The molecular weight excluding hydrogens is 712 g/mol. The summed E-state index contributed by atoms with van der Waals surface area (Å²) in [4.78, 5) is 0. The van der Waals surface area contributed by atoms with Crippen LogP contribution in [0.3, 0.4) is 0 Å². The fraction of sp³-hybridized carbons (Fsp3) is 1.00. The highest BCUT2D eigenvalue weighted by Gasteiger charge is 2.52. The van der Waals surface area contributed by atoms with E-state index in [2.05, 4.69) is 6.92 Å². The van der Waals surface area contributed by atoms with Crippen LogP contribution in [0.15, 0.2) is 0 Å². The van der Waals surface area contributed by atoms with E-state index in [4.69, 9.17) is 0 Å². The van der Waals surface area contributed by atoms with E-state index in [0.29, 0.717) is 12.8 Å². The summed E-state index contributed by atoms with van der Waals surface area (Å²) in [7, 11) is 0. The normalized spacial score (nSPS) is 30.2. The highest BCUT2D eigenvalue weighted by Crippen LogP contribution is 2.39. The van der Waals surface area contributed by atoms with Gasteiger partial charge in [0.25, 0.3) is 0 Å². The van der Waals surface area contributed by atoms with E-state index in [1.165, 1.54) is 13.8 Å². The molecule has 324 valence electrons. The zero-order valence-corrected chi connectivity index (χ0v) is 32.7. The number of hydrogen-bond acceptors (Lipinski definition) is 16. The topological polar surface area (TPSA) is 324 Å². The molecule has 16 N–H and O–H groups in total. The highest BCUT2D eigenvalue weighted by molar-refractivity contribution is 5.04. The molecule has 1 rings (SSSR count). The van der Waals surface area contributed by atoms with E-state index in [9.17, 15) is 81.7 Å². The van der Waals surface area contributed by atoms with Gasteiger partial charge < -0.3 is 81.7 Å². The third-order valence-corrected chi connectivity index (χ3v) is 11.5. The number of unbranched alkanes of at least 4 members (excludes halogenated alkanes) is 6. The smallest absolute Gasteiger partial charge is 0.111 e. The summed E-state index contributed by atoms with van der Waals surface area (Å²) >= 11 is 0. The van der Waals surface area contributed by atoms with Crippen molar-refractivity contribution in [2.45, 2.75) is 221 Å². The van der Waals surface area contributed by atoms with Crippen molar-refractivity contribution in [3.05, 3.63) is 0 Å². The summed E-state index contributed by atoms with van der Waals surface area (Å²) in [6, 6.07) is 0. The minimum absolute atomic E-state index is 0.0170. The maximum absolute atomic E-state index is 11.3. The SMILES string of the molecule is CCCCCCCCCC(O)CC1(O)CC(CC(O)C(O)C(O)C(O)C(O)CC(O)CC(O)CC(O)C(C)C(O)C(C)C(O)CC(C)O)C(O)C(O)C1O. The molecule has 0 bridgehead atoms. The Morgan fingerprint density at radius 1 is 0.519 bits per heavy atom. The summed E-state index contributed by atoms with van der Waals surface area (Å²) in [5.41, 5.74) is -2.04. The Hall–Kier alpha value is -0.640. The molecule has 1 fully saturated rings. The molecule has 1 saturated carbocycles. The second-order valence-electron chi connectivity index (χ2n) is 16.5. The van der Waals surface area contributed by atoms with Crippen molar-refractivity contribution in [3.8, 4) is 0 Å². The molecule has 1 aliphatic rings. The Bertz CT molecular complexity index is 980. The molecule has 0 radical (unpaired) electrons. The van der Waals surface area contributed by atoms with Crippen molar-refractivity contribution >= 4 is 0 Å². The molecular formula is C38H76O16. The first kappa shape index (κ1) is 51.4. The molecule has 54 heavy (non-hydrogen) atoms. The first-order valence-electron chi connectivity index (χ1n) is 20.0. The average Bonchev–Trinajstić information content (AvgIpc) is 3.09. The average molecular weight is 789 g/mol. The van der Waals surface area contributed by atoms with Crippen LogP contribution in [0.2, 0.25) is 0 Å². The molecule has 1 aliphatic carbocycles. The second-order valence-corrected chi connectivity index (χ2v) is 16.5. The third kappa shape index (κ3) is 16.7. The lowest BCUT2D eigenvalue weighted by Crippen LogP contribution is -2.62. The lowest BCUT2D eigenvalue weighted by Gasteiger charge is -2.47. The predicted molar refractivity (Wildman–Crippen MR) is 197 cm³/mol. The minimum Gasteiger partial charge on any atom is -0.393 e. The Morgan fingerprint density at radius 2 is 1.00 bits per heavy atom. The molecule has 16 heteroatoms. The van der Waals surface area contributed by atoms with E-state index in [1.54, 1.807) is 6.92 Å². The Labute approximate surface area is 320 Å². The van der Waals surface area contributed by atoms with E-state index in [0.717, 1.165) is 38.5 Å². The maximum atomic E-state index is 11.3. The van der Waals surface area contributed by atoms with Crippen LogP contribution in [-0.4, -0.2) is 179 Å². The van der Waals surface area contributed by atoms with E-state index >= 15 is 0 Å². The van der Waals surface area contributed by atoms with Crippen LogP contribution < -0.4 is 0 Å². The summed E-state index contributed by atoms with van der Waals surface area (Å²) in [5, 5.41) is 168. The first-order valence-corrected chi connectivity index (χ1v) is 20.0. The molecule has 19 unspecified atom stereocenters. The summed E-state index contributed by atoms with van der Waals surface area (Å²) in [6.07, 6.45) is -18.7. The van der Waals surface area contributed by atoms with Gasteiger partial charge in [0.2, 0.25) is 0 Å². The van der Waals surface area contributed by atoms with E-state index in [1.807, 2.05) is 0 Å². The molecule has 0 aromatic rings. The van der Waals surface area contributed by atoms with Crippen LogP contribution in [0.5, 0.6) is 0 Å². The molecule has 16 nitrogen and oxygen atoms in total. The van der Waals surface area contributed by atoms with Crippen LogP contribution in [0.25, 0.3) is 0 Å². The van der Waals surface area contributed by atoms with Crippen molar-refractivity contribution in [1.29, 1.82) is 0 Å². The first-order chi connectivity index (χ1) is 25.1. The number of aliphatic hydroxyl groups is 16. The Morgan fingerprint density at radius 3 is 1.54 bits per heavy atom. The van der Waals surface area contributed by atoms with Gasteiger partial charge in [-0.3, -0.25) is 0 Å². The third-order valence-electron chi connectivity index (χ3n) is 11.5. The van der Waals surface area contributed by atoms with Crippen molar-refractivity contribution in [1.82, 2.24) is 0 Å². The predicted octanol–water partition coefficient (Wildman–Crippen LogP) is -2.08. The Kier molecular flexibility index (Phi) is 23.8. The molecule has 0 aromatic carbocycles. The lowest BCUT2D eigenvalue weighted by atomic mass is 9.68. The van der Waals surface area contributed by atoms with Crippen molar-refractivity contribution in [2.24, 2.45) is 17.8 Å². The maximum Gasteiger partial charge on any atom is 0.111 e. The van der Waals surface area contributed by atoms with Gasteiger partial charge >= 0.3 is 0 Å². The standard InChI is InChI=1S/C38H76O16/c1-5-6-7-8-9-10-11-12-24(40)19-38(54)18-23(32(48)36(52)37(38)53)14-29(45)33(49)35(51)34(50)30(46)17-26(42)15-25(41)16-28(44)22(4)31(47)21(3)27(43)13-20(2)39/h20-37,39-54H,5-19H2,1-4H3. The van der Waals surface area contributed by atoms with Crippen LogP contribution in [0.4, 0.5) is 0 Å². The van der Waals surface area contributed by atoms with Crippen LogP contribution in [-0.2, 0) is 0 Å². The number of rotatable bonds is 28. The number of aliphatic hydroxyl groups excluding tert-OH is 15. The molecule has 0 amide bonds. The summed E-state index contributed by atoms with van der Waals surface area (Å²) in [5.74, 6) is -2.64. The van der Waals surface area contributed by atoms with Crippen LogP contribution in [0.1, 0.15) is 124 Å². The molecule has 0 heterocycles. The summed E-state index contributed by atoms with van der Waals surface area (Å²) < 4.78 is 0. The molecule has 0 aromatic heterocycles.